The smallest absolute Gasteiger partial charge is 0.301 e. The van der Waals surface area contributed by atoms with Gasteiger partial charge < -0.3 is 14.6 Å². The summed E-state index contributed by atoms with van der Waals surface area (Å²) in [5, 5.41) is 11.7. The van der Waals surface area contributed by atoms with Crippen molar-refractivity contribution < 1.29 is 28.6 Å². The van der Waals surface area contributed by atoms with E-state index in [1.807, 2.05) is 13.8 Å². The number of amides is 1. The summed E-state index contributed by atoms with van der Waals surface area (Å²) in [6, 6.07) is 15.5. The summed E-state index contributed by atoms with van der Waals surface area (Å²) in [7, 11) is 0. The van der Waals surface area contributed by atoms with Crippen molar-refractivity contribution in [1.82, 2.24) is 4.98 Å². The van der Waals surface area contributed by atoms with Crippen LogP contribution >= 0.6 is 11.3 Å². The van der Waals surface area contributed by atoms with Gasteiger partial charge in [-0.3, -0.25) is 14.5 Å². The lowest BCUT2D eigenvalue weighted by atomic mass is 9.94. The third kappa shape index (κ3) is 3.99. The van der Waals surface area contributed by atoms with E-state index in [0.717, 1.165) is 22.6 Å². The maximum Gasteiger partial charge on any atom is 0.301 e. The molecule has 3 aromatic carbocycles. The van der Waals surface area contributed by atoms with Crippen LogP contribution in [-0.4, -0.2) is 34.5 Å². The largest absolute Gasteiger partial charge is 0.507 e. The van der Waals surface area contributed by atoms with Crippen molar-refractivity contribution in [3.8, 4) is 11.5 Å². The van der Waals surface area contributed by atoms with Crippen LogP contribution in [0.25, 0.3) is 16.0 Å². The summed E-state index contributed by atoms with van der Waals surface area (Å²) < 4.78 is 25.9. The average Bonchev–Trinajstić information content (AvgIpc) is 3.56. The van der Waals surface area contributed by atoms with Crippen molar-refractivity contribution in [2.24, 2.45) is 0 Å². The van der Waals surface area contributed by atoms with Crippen LogP contribution in [0.4, 0.5) is 9.52 Å². The zero-order valence-electron chi connectivity index (χ0n) is 20.6. The van der Waals surface area contributed by atoms with Crippen LogP contribution in [-0.2, 0) is 16.0 Å². The molecule has 0 radical (unpaired) electrons. The Morgan fingerprint density at radius 3 is 2.84 bits per heavy atom. The summed E-state index contributed by atoms with van der Waals surface area (Å²) >= 11 is 1.10. The number of ether oxygens (including phenoxy) is 2. The van der Waals surface area contributed by atoms with E-state index >= 15 is 0 Å². The Morgan fingerprint density at radius 2 is 2.03 bits per heavy atom. The highest BCUT2D eigenvalue weighted by Crippen LogP contribution is 2.45. The zero-order chi connectivity index (χ0) is 26.6. The van der Waals surface area contributed by atoms with Gasteiger partial charge in [-0.2, -0.15) is 0 Å². The summed E-state index contributed by atoms with van der Waals surface area (Å²) in [6.07, 6.45) is 0.686. The lowest BCUT2D eigenvalue weighted by Crippen LogP contribution is -2.29. The van der Waals surface area contributed by atoms with E-state index in [2.05, 4.69) is 4.98 Å². The average molecular weight is 531 g/mol. The van der Waals surface area contributed by atoms with Gasteiger partial charge in [-0.15, -0.1) is 0 Å². The van der Waals surface area contributed by atoms with Crippen molar-refractivity contribution in [1.29, 1.82) is 0 Å². The second-order valence-corrected chi connectivity index (χ2v) is 10.2. The number of Topliss-reactive ketones (excluding diaryl/α,β-unsaturated/α-hetero) is 1. The second-order valence-electron chi connectivity index (χ2n) is 9.24. The fourth-order valence-electron chi connectivity index (χ4n) is 5.00. The molecule has 3 heterocycles. The molecule has 4 aromatic rings. The first-order chi connectivity index (χ1) is 18.3. The number of aromatic nitrogens is 1. The minimum Gasteiger partial charge on any atom is -0.507 e. The number of carbonyl (C=O) groups excluding carboxylic acids is 2. The number of ketones is 1. The SMILES string of the molecule is CCOc1cccc([C@H]2C(=C(O)c3ccc4c(c3)C[C@H](C)O4)C(=O)C(=O)N2c2nc3ccc(F)cc3s2)c1. The van der Waals surface area contributed by atoms with Gasteiger partial charge in [0.05, 0.1) is 28.4 Å². The molecule has 6 rings (SSSR count). The highest BCUT2D eigenvalue weighted by Gasteiger charge is 2.48. The standard InChI is InChI=1S/C29H23FN2O5S/c1-3-36-20-6-4-5-16(13-20)25-24(26(33)17-7-10-22-18(12-17)11-15(2)37-22)27(34)28(35)32(25)29-31-21-9-8-19(30)14-23(21)38-29/h4-10,12-15,25,33H,3,11H2,1-2H3/t15-,25-/m0/s1. The number of halogens is 1. The maximum atomic E-state index is 13.9. The topological polar surface area (TPSA) is 89.0 Å². The van der Waals surface area contributed by atoms with Crippen LogP contribution < -0.4 is 14.4 Å². The molecule has 0 spiro atoms. The number of aliphatic hydroxyl groups excluding tert-OH is 1. The molecule has 0 aliphatic carbocycles. The van der Waals surface area contributed by atoms with E-state index < -0.39 is 23.5 Å². The van der Waals surface area contributed by atoms with Gasteiger partial charge in [-0.25, -0.2) is 9.37 Å². The highest BCUT2D eigenvalue weighted by molar-refractivity contribution is 7.22. The first kappa shape index (κ1) is 24.1. The van der Waals surface area contributed by atoms with E-state index in [1.54, 1.807) is 42.5 Å². The molecule has 1 N–H and O–H groups in total. The number of aliphatic hydroxyl groups is 1. The number of anilines is 1. The molecule has 38 heavy (non-hydrogen) atoms. The molecule has 1 saturated heterocycles. The molecule has 2 atom stereocenters. The Labute approximate surface area is 221 Å². The highest BCUT2D eigenvalue weighted by atomic mass is 32.1. The Balaban J connectivity index is 1.54. The third-order valence-corrected chi connectivity index (χ3v) is 7.66. The van der Waals surface area contributed by atoms with Gasteiger partial charge in [-0.05, 0) is 73.5 Å². The molecule has 1 fully saturated rings. The van der Waals surface area contributed by atoms with Crippen molar-refractivity contribution in [3.05, 3.63) is 88.7 Å². The number of nitrogens with zero attached hydrogens (tertiary/aromatic N) is 2. The maximum absolute atomic E-state index is 13.9. The van der Waals surface area contributed by atoms with Crippen molar-refractivity contribution >= 4 is 44.1 Å². The molecule has 0 saturated carbocycles. The van der Waals surface area contributed by atoms with E-state index in [4.69, 9.17) is 9.47 Å². The molecule has 0 unspecified atom stereocenters. The van der Waals surface area contributed by atoms with Crippen LogP contribution in [0.15, 0.2) is 66.2 Å². The minimum atomic E-state index is -0.968. The van der Waals surface area contributed by atoms with Gasteiger partial charge in [-0.1, -0.05) is 23.5 Å². The van der Waals surface area contributed by atoms with Crippen LogP contribution in [0.5, 0.6) is 11.5 Å². The van der Waals surface area contributed by atoms with Crippen LogP contribution in [0.2, 0.25) is 0 Å². The molecule has 2 aliphatic heterocycles. The van der Waals surface area contributed by atoms with E-state index in [-0.39, 0.29) is 22.6 Å². The molecule has 9 heteroatoms. The first-order valence-electron chi connectivity index (χ1n) is 12.2. The van der Waals surface area contributed by atoms with Gasteiger partial charge >= 0.3 is 5.91 Å². The normalized spacial score (nSPS) is 20.1. The number of benzene rings is 3. The monoisotopic (exact) mass is 530 g/mol. The summed E-state index contributed by atoms with van der Waals surface area (Å²) in [6.45, 7) is 4.25. The lowest BCUT2D eigenvalue weighted by Gasteiger charge is -2.23. The van der Waals surface area contributed by atoms with Crippen LogP contribution in [0.3, 0.4) is 0 Å². The molecular formula is C29H23FN2O5S. The van der Waals surface area contributed by atoms with E-state index in [9.17, 15) is 19.1 Å². The number of thiazole rings is 1. The molecular weight excluding hydrogens is 507 g/mol. The zero-order valence-corrected chi connectivity index (χ0v) is 21.4. The van der Waals surface area contributed by atoms with Crippen molar-refractivity contribution in [3.63, 3.8) is 0 Å². The lowest BCUT2D eigenvalue weighted by molar-refractivity contribution is -0.132. The molecule has 0 bridgehead atoms. The van der Waals surface area contributed by atoms with E-state index in [1.165, 1.54) is 23.1 Å². The van der Waals surface area contributed by atoms with Crippen LogP contribution in [0, 0.1) is 5.82 Å². The van der Waals surface area contributed by atoms with Gasteiger partial charge in [0, 0.05) is 12.0 Å². The second kappa shape index (κ2) is 9.25. The fourth-order valence-corrected chi connectivity index (χ4v) is 6.02. The fraction of sp³-hybridized carbons (Fsp3) is 0.207. The third-order valence-electron chi connectivity index (χ3n) is 6.64. The number of fused-ring (bicyclic) bond motifs is 2. The first-order valence-corrected chi connectivity index (χ1v) is 13.1. The molecule has 192 valence electrons. The predicted octanol–water partition coefficient (Wildman–Crippen LogP) is 5.78. The quantitative estimate of drug-likeness (QED) is 0.200. The summed E-state index contributed by atoms with van der Waals surface area (Å²) in [5.41, 5.74) is 2.35. The number of hydrogen-bond acceptors (Lipinski definition) is 7. The van der Waals surface area contributed by atoms with Gasteiger partial charge in [0.15, 0.2) is 5.13 Å². The van der Waals surface area contributed by atoms with Crippen LogP contribution in [0.1, 0.15) is 36.6 Å². The molecule has 7 nitrogen and oxygen atoms in total. The predicted molar refractivity (Wildman–Crippen MR) is 142 cm³/mol. The van der Waals surface area contributed by atoms with Gasteiger partial charge in [0.1, 0.15) is 29.2 Å². The van der Waals surface area contributed by atoms with Gasteiger partial charge in [0.25, 0.3) is 5.78 Å². The number of hydrogen-bond donors (Lipinski definition) is 1. The number of rotatable bonds is 5. The number of carbonyl (C=O) groups is 2. The Bertz CT molecular complexity index is 1650. The Morgan fingerprint density at radius 1 is 1.18 bits per heavy atom. The van der Waals surface area contributed by atoms with Crippen molar-refractivity contribution in [2.75, 3.05) is 11.5 Å². The Hall–Kier alpha value is -4.24. The molecule has 1 amide bonds. The van der Waals surface area contributed by atoms with Gasteiger partial charge in [0.2, 0.25) is 0 Å². The van der Waals surface area contributed by atoms with E-state index in [0.29, 0.717) is 40.1 Å². The Kier molecular flexibility index (Phi) is 5.87. The molecule has 2 aliphatic rings. The molecule has 1 aromatic heterocycles. The minimum absolute atomic E-state index is 0.0122. The summed E-state index contributed by atoms with van der Waals surface area (Å²) in [4.78, 5) is 32.8. The van der Waals surface area contributed by atoms with Crippen molar-refractivity contribution in [2.45, 2.75) is 32.4 Å². The summed E-state index contributed by atoms with van der Waals surface area (Å²) in [5.74, 6) is -1.07.